The smallest absolute Gasteiger partial charge is 0.191 e. The van der Waals surface area contributed by atoms with Crippen molar-refractivity contribution in [1.82, 2.24) is 10.6 Å². The fourth-order valence-electron chi connectivity index (χ4n) is 2.08. The molecule has 0 fully saturated rings. The van der Waals surface area contributed by atoms with Crippen LogP contribution in [0.4, 0.5) is 0 Å². The first-order chi connectivity index (χ1) is 11.7. The zero-order chi connectivity index (χ0) is 17.6. The zero-order valence-corrected chi connectivity index (χ0v) is 18.2. The van der Waals surface area contributed by atoms with Gasteiger partial charge in [0.15, 0.2) is 5.96 Å². The monoisotopic (exact) mass is 485 g/mol. The van der Waals surface area contributed by atoms with Gasteiger partial charge in [-0.2, -0.15) is 0 Å². The largest absolute Gasteiger partial charge is 0.382 e. The van der Waals surface area contributed by atoms with Gasteiger partial charge in [0.25, 0.3) is 0 Å². The maximum atomic E-state index is 6.03. The number of benzene rings is 1. The fraction of sp³-hybridized carbons (Fsp3) is 0.588. The third kappa shape index (κ3) is 10.9. The van der Waals surface area contributed by atoms with E-state index < -0.39 is 0 Å². The summed E-state index contributed by atoms with van der Waals surface area (Å²) >= 11 is 6.03. The topological polar surface area (TPSA) is 64.1 Å². The first kappa shape index (κ1) is 24.4. The van der Waals surface area contributed by atoms with Crippen LogP contribution in [0, 0.1) is 0 Å². The quantitative estimate of drug-likeness (QED) is 0.218. The number of hydrogen-bond donors (Lipinski definition) is 2. The van der Waals surface area contributed by atoms with Gasteiger partial charge in [0.1, 0.15) is 0 Å². The average molecular weight is 486 g/mol. The van der Waals surface area contributed by atoms with Crippen molar-refractivity contribution in [2.75, 3.05) is 54.2 Å². The molecule has 0 aromatic heterocycles. The highest BCUT2D eigenvalue weighted by molar-refractivity contribution is 14.0. The van der Waals surface area contributed by atoms with E-state index in [-0.39, 0.29) is 30.1 Å². The predicted octanol–water partition coefficient (Wildman–Crippen LogP) is 2.86. The van der Waals surface area contributed by atoms with Crippen molar-refractivity contribution in [3.63, 3.8) is 0 Å². The van der Waals surface area contributed by atoms with Crippen LogP contribution >= 0.6 is 35.6 Å². The lowest BCUT2D eigenvalue weighted by molar-refractivity contribution is 0.0698. The van der Waals surface area contributed by atoms with E-state index in [0.29, 0.717) is 31.4 Å². The second-order valence-electron chi connectivity index (χ2n) is 5.12. The molecule has 0 saturated heterocycles. The van der Waals surface area contributed by atoms with Crippen LogP contribution in [0.2, 0.25) is 5.02 Å². The molecule has 1 atom stereocenters. The summed E-state index contributed by atoms with van der Waals surface area (Å²) in [4.78, 5) is 4.20. The van der Waals surface area contributed by atoms with E-state index in [0.717, 1.165) is 24.5 Å². The number of rotatable bonds is 11. The Kier molecular flexibility index (Phi) is 15.2. The summed E-state index contributed by atoms with van der Waals surface area (Å²) in [6.07, 6.45) is 0.798. The number of aliphatic imine (C=N–C) groups is 1. The summed E-state index contributed by atoms with van der Waals surface area (Å²) in [5.41, 5.74) is 1.03. The summed E-state index contributed by atoms with van der Waals surface area (Å²) in [7, 11) is 5.09. The molecule has 0 aliphatic carbocycles. The third-order valence-corrected chi connectivity index (χ3v) is 3.61. The molecule has 144 valence electrons. The lowest BCUT2D eigenvalue weighted by atomic mass is 10.1. The Morgan fingerprint density at radius 1 is 1.20 bits per heavy atom. The number of methoxy groups -OCH3 is 2. The Morgan fingerprint density at radius 3 is 2.64 bits per heavy atom. The second kappa shape index (κ2) is 15.6. The standard InChI is InChI=1S/C17H28ClN3O3.HI/c1-19-17(20-8-5-9-24-11-10-22-2)21-13-16(23-3)14-6-4-7-15(18)12-14;/h4,6-7,12,16H,5,8-11,13H2,1-3H3,(H2,19,20,21);1H. The van der Waals surface area contributed by atoms with Crippen molar-refractivity contribution in [2.45, 2.75) is 12.5 Å². The minimum absolute atomic E-state index is 0. The van der Waals surface area contributed by atoms with E-state index in [9.17, 15) is 0 Å². The molecule has 2 N–H and O–H groups in total. The Hall–Kier alpha value is -0.610. The van der Waals surface area contributed by atoms with Crippen LogP contribution in [0.3, 0.4) is 0 Å². The van der Waals surface area contributed by atoms with Crippen LogP contribution in [-0.4, -0.2) is 60.1 Å². The molecule has 0 radical (unpaired) electrons. The molecular weight excluding hydrogens is 457 g/mol. The van der Waals surface area contributed by atoms with Gasteiger partial charge in [-0.1, -0.05) is 23.7 Å². The molecule has 8 heteroatoms. The van der Waals surface area contributed by atoms with Crippen LogP contribution in [0.5, 0.6) is 0 Å². The molecular formula is C17H29ClIN3O3. The van der Waals surface area contributed by atoms with E-state index in [4.69, 9.17) is 25.8 Å². The minimum atomic E-state index is -0.0976. The zero-order valence-electron chi connectivity index (χ0n) is 15.1. The Balaban J connectivity index is 0.00000576. The molecule has 1 rings (SSSR count). The molecule has 0 heterocycles. The average Bonchev–Trinajstić information content (AvgIpc) is 2.59. The predicted molar refractivity (Wildman–Crippen MR) is 113 cm³/mol. The second-order valence-corrected chi connectivity index (χ2v) is 5.55. The van der Waals surface area contributed by atoms with E-state index in [2.05, 4.69) is 15.6 Å². The molecule has 0 aliphatic rings. The first-order valence-electron chi connectivity index (χ1n) is 8.00. The maximum absolute atomic E-state index is 6.03. The fourth-order valence-corrected chi connectivity index (χ4v) is 2.28. The Labute approximate surface area is 172 Å². The van der Waals surface area contributed by atoms with Gasteiger partial charge in [0, 0.05) is 46.0 Å². The van der Waals surface area contributed by atoms with Crippen molar-refractivity contribution >= 4 is 41.5 Å². The number of hydrogen-bond acceptors (Lipinski definition) is 4. The van der Waals surface area contributed by atoms with E-state index in [1.165, 1.54) is 0 Å². The summed E-state index contributed by atoms with van der Waals surface area (Å²) in [6.45, 7) is 3.32. The highest BCUT2D eigenvalue weighted by Gasteiger charge is 2.11. The molecule has 1 aromatic rings. The van der Waals surface area contributed by atoms with Crippen molar-refractivity contribution in [3.05, 3.63) is 34.9 Å². The van der Waals surface area contributed by atoms with Crippen LogP contribution in [0.1, 0.15) is 18.1 Å². The number of halogens is 2. The molecule has 1 unspecified atom stereocenters. The maximum Gasteiger partial charge on any atom is 0.191 e. The number of nitrogens with one attached hydrogen (secondary N) is 2. The van der Waals surface area contributed by atoms with E-state index >= 15 is 0 Å². The van der Waals surface area contributed by atoms with Gasteiger partial charge in [-0.3, -0.25) is 4.99 Å². The van der Waals surface area contributed by atoms with Crippen molar-refractivity contribution < 1.29 is 14.2 Å². The van der Waals surface area contributed by atoms with Gasteiger partial charge in [0.05, 0.1) is 19.3 Å². The Bertz CT molecular complexity index is 492. The molecule has 0 saturated carbocycles. The van der Waals surface area contributed by atoms with Crippen molar-refractivity contribution in [2.24, 2.45) is 4.99 Å². The van der Waals surface area contributed by atoms with Gasteiger partial charge in [-0.15, -0.1) is 24.0 Å². The summed E-state index contributed by atoms with van der Waals surface area (Å²) in [5.74, 6) is 0.732. The van der Waals surface area contributed by atoms with Crippen LogP contribution < -0.4 is 10.6 Å². The SMILES string of the molecule is CN=C(NCCCOCCOC)NCC(OC)c1cccc(Cl)c1.I. The highest BCUT2D eigenvalue weighted by atomic mass is 127. The summed E-state index contributed by atoms with van der Waals surface area (Å²) < 4.78 is 15.9. The van der Waals surface area contributed by atoms with Gasteiger partial charge in [0.2, 0.25) is 0 Å². The normalized spacial score (nSPS) is 12.4. The molecule has 0 amide bonds. The van der Waals surface area contributed by atoms with Gasteiger partial charge >= 0.3 is 0 Å². The highest BCUT2D eigenvalue weighted by Crippen LogP contribution is 2.19. The van der Waals surface area contributed by atoms with Crippen LogP contribution in [0.15, 0.2) is 29.3 Å². The van der Waals surface area contributed by atoms with E-state index in [1.54, 1.807) is 21.3 Å². The molecule has 25 heavy (non-hydrogen) atoms. The number of ether oxygens (including phenoxy) is 3. The Morgan fingerprint density at radius 2 is 2.00 bits per heavy atom. The summed E-state index contributed by atoms with van der Waals surface area (Å²) in [5, 5.41) is 7.21. The van der Waals surface area contributed by atoms with Crippen LogP contribution in [-0.2, 0) is 14.2 Å². The van der Waals surface area contributed by atoms with Crippen molar-refractivity contribution in [3.8, 4) is 0 Å². The minimum Gasteiger partial charge on any atom is -0.382 e. The summed E-state index contributed by atoms with van der Waals surface area (Å²) in [6, 6.07) is 7.67. The molecule has 1 aromatic carbocycles. The van der Waals surface area contributed by atoms with Gasteiger partial charge in [-0.25, -0.2) is 0 Å². The molecule has 0 spiro atoms. The van der Waals surface area contributed by atoms with Crippen LogP contribution in [0.25, 0.3) is 0 Å². The van der Waals surface area contributed by atoms with E-state index in [1.807, 2.05) is 24.3 Å². The van der Waals surface area contributed by atoms with Crippen molar-refractivity contribution in [1.29, 1.82) is 0 Å². The third-order valence-electron chi connectivity index (χ3n) is 3.37. The van der Waals surface area contributed by atoms with Gasteiger partial charge < -0.3 is 24.8 Å². The number of nitrogens with zero attached hydrogens (tertiary/aromatic N) is 1. The molecule has 6 nitrogen and oxygen atoms in total. The lowest BCUT2D eigenvalue weighted by Gasteiger charge is -2.19. The molecule has 0 bridgehead atoms. The molecule has 0 aliphatic heterocycles. The lowest BCUT2D eigenvalue weighted by Crippen LogP contribution is -2.40. The van der Waals surface area contributed by atoms with Gasteiger partial charge in [-0.05, 0) is 24.1 Å². The number of guanidine groups is 1. The first-order valence-corrected chi connectivity index (χ1v) is 8.38.